The fourth-order valence-corrected chi connectivity index (χ4v) is 2.87. The third-order valence-electron chi connectivity index (χ3n) is 4.24. The summed E-state index contributed by atoms with van der Waals surface area (Å²) < 4.78 is 0. The first kappa shape index (κ1) is 14.4. The van der Waals surface area contributed by atoms with Crippen LogP contribution in [0.5, 0.6) is 0 Å². The molecule has 20 heavy (non-hydrogen) atoms. The molecular formula is C15H21N3O2. The van der Waals surface area contributed by atoms with Crippen molar-refractivity contribution < 1.29 is 10.0 Å². The summed E-state index contributed by atoms with van der Waals surface area (Å²) in [6.45, 7) is 2.07. The van der Waals surface area contributed by atoms with Gasteiger partial charge in [0.1, 0.15) is 0 Å². The van der Waals surface area contributed by atoms with E-state index in [0.717, 1.165) is 32.1 Å². The van der Waals surface area contributed by atoms with Gasteiger partial charge in [-0.25, -0.2) is 0 Å². The molecular weight excluding hydrogens is 254 g/mol. The van der Waals surface area contributed by atoms with Gasteiger partial charge in [-0.15, -0.1) is 0 Å². The van der Waals surface area contributed by atoms with E-state index in [9.17, 15) is 4.79 Å². The SMILES string of the molecule is CCC1(C(=O)Nc2cccc(/C(N)=N/O)c2)CCCC1. The summed E-state index contributed by atoms with van der Waals surface area (Å²) in [5, 5.41) is 14.6. The minimum Gasteiger partial charge on any atom is -0.409 e. The lowest BCUT2D eigenvalue weighted by Crippen LogP contribution is -2.33. The lowest BCUT2D eigenvalue weighted by molar-refractivity contribution is -0.125. The fraction of sp³-hybridized carbons (Fsp3) is 0.467. The molecule has 1 aromatic carbocycles. The fourth-order valence-electron chi connectivity index (χ4n) is 2.87. The maximum atomic E-state index is 12.5. The number of amidine groups is 1. The van der Waals surface area contributed by atoms with Crippen LogP contribution in [0.2, 0.25) is 0 Å². The van der Waals surface area contributed by atoms with E-state index in [0.29, 0.717) is 11.3 Å². The molecule has 0 aromatic heterocycles. The number of carbonyl (C=O) groups is 1. The van der Waals surface area contributed by atoms with Gasteiger partial charge in [-0.2, -0.15) is 0 Å². The summed E-state index contributed by atoms with van der Waals surface area (Å²) in [6, 6.07) is 7.03. The van der Waals surface area contributed by atoms with E-state index in [-0.39, 0.29) is 17.2 Å². The standard InChI is InChI=1S/C15H21N3O2/c1-2-15(8-3-4-9-15)14(19)17-12-7-5-6-11(10-12)13(16)18-20/h5-7,10,20H,2-4,8-9H2,1H3,(H2,16,18)(H,17,19). The smallest absolute Gasteiger partial charge is 0.230 e. The molecule has 1 amide bonds. The molecule has 1 aromatic rings. The van der Waals surface area contributed by atoms with Gasteiger partial charge in [0.05, 0.1) is 0 Å². The van der Waals surface area contributed by atoms with Crippen LogP contribution in [0, 0.1) is 5.41 Å². The summed E-state index contributed by atoms with van der Waals surface area (Å²) in [5.74, 6) is 0.112. The molecule has 0 atom stereocenters. The van der Waals surface area contributed by atoms with E-state index in [4.69, 9.17) is 10.9 Å². The highest BCUT2D eigenvalue weighted by Crippen LogP contribution is 2.41. The van der Waals surface area contributed by atoms with E-state index in [1.54, 1.807) is 18.2 Å². The molecule has 5 nitrogen and oxygen atoms in total. The second-order valence-corrected chi connectivity index (χ2v) is 5.36. The van der Waals surface area contributed by atoms with E-state index in [1.165, 1.54) is 0 Å². The molecule has 0 bridgehead atoms. The van der Waals surface area contributed by atoms with Gasteiger partial charge in [-0.3, -0.25) is 4.79 Å². The predicted octanol–water partition coefficient (Wildman–Crippen LogP) is 2.69. The van der Waals surface area contributed by atoms with Gasteiger partial charge in [0.15, 0.2) is 5.84 Å². The monoisotopic (exact) mass is 275 g/mol. The molecule has 1 aliphatic rings. The quantitative estimate of drug-likeness (QED) is 0.341. The number of nitrogens with two attached hydrogens (primary N) is 1. The third kappa shape index (κ3) is 2.76. The van der Waals surface area contributed by atoms with Crippen LogP contribution in [0.15, 0.2) is 29.4 Å². The predicted molar refractivity (Wildman–Crippen MR) is 78.8 cm³/mol. The molecule has 108 valence electrons. The zero-order chi connectivity index (χ0) is 14.6. The van der Waals surface area contributed by atoms with Crippen molar-refractivity contribution in [2.45, 2.75) is 39.0 Å². The number of carbonyl (C=O) groups excluding carboxylic acids is 1. The van der Waals surface area contributed by atoms with E-state index in [1.807, 2.05) is 6.07 Å². The summed E-state index contributed by atoms with van der Waals surface area (Å²) in [7, 11) is 0. The Hall–Kier alpha value is -2.04. The third-order valence-corrected chi connectivity index (χ3v) is 4.24. The number of nitrogens with one attached hydrogen (secondary N) is 1. The van der Waals surface area contributed by atoms with Crippen molar-refractivity contribution in [2.24, 2.45) is 16.3 Å². The Bertz CT molecular complexity index is 520. The van der Waals surface area contributed by atoms with E-state index in [2.05, 4.69) is 17.4 Å². The van der Waals surface area contributed by atoms with Crippen LogP contribution in [-0.2, 0) is 4.79 Å². The number of rotatable bonds is 4. The Labute approximate surface area is 118 Å². The number of nitrogens with zero attached hydrogens (tertiary/aromatic N) is 1. The number of hydrogen-bond acceptors (Lipinski definition) is 3. The first-order valence-corrected chi connectivity index (χ1v) is 7.01. The molecule has 0 saturated heterocycles. The average Bonchev–Trinajstić information content (AvgIpc) is 2.97. The van der Waals surface area contributed by atoms with Gasteiger partial charge >= 0.3 is 0 Å². The van der Waals surface area contributed by atoms with E-state index >= 15 is 0 Å². The van der Waals surface area contributed by atoms with Crippen molar-refractivity contribution in [3.63, 3.8) is 0 Å². The normalized spacial score (nSPS) is 17.9. The van der Waals surface area contributed by atoms with Crippen molar-refractivity contribution in [3.05, 3.63) is 29.8 Å². The first-order chi connectivity index (χ1) is 9.61. The molecule has 5 heteroatoms. The van der Waals surface area contributed by atoms with Gasteiger partial charge in [-0.1, -0.05) is 37.1 Å². The Balaban J connectivity index is 2.15. The molecule has 1 aliphatic carbocycles. The second-order valence-electron chi connectivity index (χ2n) is 5.36. The number of amides is 1. The van der Waals surface area contributed by atoms with Crippen LogP contribution < -0.4 is 11.1 Å². The highest BCUT2D eigenvalue weighted by atomic mass is 16.4. The van der Waals surface area contributed by atoms with Gasteiger partial charge in [0.2, 0.25) is 5.91 Å². The number of hydrogen-bond donors (Lipinski definition) is 3. The second kappa shape index (κ2) is 5.94. The maximum absolute atomic E-state index is 12.5. The minimum atomic E-state index is -0.230. The molecule has 0 heterocycles. The van der Waals surface area contributed by atoms with Crippen molar-refractivity contribution in [1.82, 2.24) is 0 Å². The van der Waals surface area contributed by atoms with E-state index < -0.39 is 0 Å². The first-order valence-electron chi connectivity index (χ1n) is 7.01. The Morgan fingerprint density at radius 2 is 2.15 bits per heavy atom. The lowest BCUT2D eigenvalue weighted by Gasteiger charge is -2.26. The zero-order valence-electron chi connectivity index (χ0n) is 11.7. The van der Waals surface area contributed by atoms with Crippen LogP contribution in [0.4, 0.5) is 5.69 Å². The highest BCUT2D eigenvalue weighted by molar-refractivity contribution is 6.00. The van der Waals surface area contributed by atoms with Crippen LogP contribution in [-0.4, -0.2) is 17.0 Å². The number of anilines is 1. The van der Waals surface area contributed by atoms with Crippen molar-refractivity contribution >= 4 is 17.4 Å². The topological polar surface area (TPSA) is 87.7 Å². The van der Waals surface area contributed by atoms with Crippen molar-refractivity contribution in [1.29, 1.82) is 0 Å². The molecule has 2 rings (SSSR count). The zero-order valence-corrected chi connectivity index (χ0v) is 11.7. The van der Waals surface area contributed by atoms with Crippen LogP contribution in [0.3, 0.4) is 0 Å². The molecule has 0 unspecified atom stereocenters. The Kier molecular flexibility index (Phi) is 4.27. The van der Waals surface area contributed by atoms with Crippen LogP contribution in [0.1, 0.15) is 44.6 Å². The molecule has 1 fully saturated rings. The molecule has 1 saturated carbocycles. The van der Waals surface area contributed by atoms with Gasteiger partial charge in [0, 0.05) is 16.7 Å². The van der Waals surface area contributed by atoms with Crippen LogP contribution >= 0.6 is 0 Å². The average molecular weight is 275 g/mol. The summed E-state index contributed by atoms with van der Waals surface area (Å²) in [5.41, 5.74) is 6.59. The largest absolute Gasteiger partial charge is 0.409 e. The lowest BCUT2D eigenvalue weighted by atomic mass is 9.82. The molecule has 0 aliphatic heterocycles. The Morgan fingerprint density at radius 3 is 2.75 bits per heavy atom. The van der Waals surface area contributed by atoms with Gasteiger partial charge in [0.25, 0.3) is 0 Å². The van der Waals surface area contributed by atoms with Gasteiger partial charge in [-0.05, 0) is 31.4 Å². The highest BCUT2D eigenvalue weighted by Gasteiger charge is 2.39. The molecule has 0 spiro atoms. The number of benzene rings is 1. The summed E-state index contributed by atoms with van der Waals surface area (Å²) >= 11 is 0. The van der Waals surface area contributed by atoms with Gasteiger partial charge < -0.3 is 16.3 Å². The number of oxime groups is 1. The summed E-state index contributed by atoms with van der Waals surface area (Å²) in [6.07, 6.45) is 5.00. The van der Waals surface area contributed by atoms with Crippen LogP contribution in [0.25, 0.3) is 0 Å². The summed E-state index contributed by atoms with van der Waals surface area (Å²) in [4.78, 5) is 12.5. The Morgan fingerprint density at radius 1 is 1.45 bits per heavy atom. The maximum Gasteiger partial charge on any atom is 0.230 e. The minimum absolute atomic E-state index is 0.0344. The molecule has 4 N–H and O–H groups in total. The van der Waals surface area contributed by atoms with Crippen molar-refractivity contribution in [2.75, 3.05) is 5.32 Å². The molecule has 0 radical (unpaired) electrons. The van der Waals surface area contributed by atoms with Crippen molar-refractivity contribution in [3.8, 4) is 0 Å².